The Balaban J connectivity index is 1.56. The van der Waals surface area contributed by atoms with Crippen molar-refractivity contribution in [3.8, 4) is 0 Å². The quantitative estimate of drug-likeness (QED) is 0.115. The first kappa shape index (κ1) is 32.4. The molecule has 5 rings (SSSR count). The van der Waals surface area contributed by atoms with Crippen molar-refractivity contribution in [3.05, 3.63) is 68.9 Å². The zero-order valence-electron chi connectivity index (χ0n) is 26.1. The van der Waals surface area contributed by atoms with Crippen molar-refractivity contribution >= 4 is 47.4 Å². The Morgan fingerprint density at radius 2 is 1.80 bits per heavy atom. The van der Waals surface area contributed by atoms with Gasteiger partial charge in [0.25, 0.3) is 5.91 Å². The topological polar surface area (TPSA) is 173 Å². The van der Waals surface area contributed by atoms with Gasteiger partial charge in [-0.05, 0) is 68.4 Å². The minimum Gasteiger partial charge on any atom is -0.481 e. The molecule has 0 saturated carbocycles. The number of epoxide rings is 1. The summed E-state index contributed by atoms with van der Waals surface area (Å²) in [5.74, 6) is -2.40. The molecule has 5 atom stereocenters. The number of allylic oxidation sites excluding steroid dienone is 3. The average molecular weight is 637 g/mol. The number of aromatic nitrogens is 1. The maximum absolute atomic E-state index is 12.6. The fourth-order valence-electron chi connectivity index (χ4n) is 6.94. The van der Waals surface area contributed by atoms with Crippen molar-refractivity contribution in [1.82, 2.24) is 20.9 Å². The summed E-state index contributed by atoms with van der Waals surface area (Å²) in [4.78, 5) is 52.3. The maximum Gasteiger partial charge on any atom is 0.303 e. The Bertz CT molecular complexity index is 1650. The zero-order chi connectivity index (χ0) is 33.0. The molecule has 0 radical (unpaired) electrons. The van der Waals surface area contributed by atoms with E-state index in [4.69, 9.17) is 17.4 Å². The van der Waals surface area contributed by atoms with Gasteiger partial charge in [0, 0.05) is 57.8 Å². The first-order chi connectivity index (χ1) is 21.2. The fraction of sp³-hybridized carbons (Fsp3) is 0.455. The van der Waals surface area contributed by atoms with Crippen molar-refractivity contribution in [1.29, 1.82) is 0 Å². The Hall–Kier alpha value is -4.03. The third kappa shape index (κ3) is 5.54. The van der Waals surface area contributed by atoms with Crippen molar-refractivity contribution < 1.29 is 34.1 Å². The molecule has 0 aromatic carbocycles. The minimum atomic E-state index is -1.03. The van der Waals surface area contributed by atoms with E-state index in [2.05, 4.69) is 27.5 Å². The molecule has 4 aliphatic heterocycles. The Morgan fingerprint density at radius 1 is 1.13 bits per heavy atom. The van der Waals surface area contributed by atoms with Gasteiger partial charge in [-0.2, -0.15) is 0 Å². The van der Waals surface area contributed by atoms with E-state index in [-0.39, 0.29) is 55.4 Å². The van der Waals surface area contributed by atoms with Crippen LogP contribution in [0.25, 0.3) is 11.0 Å². The van der Waals surface area contributed by atoms with Crippen molar-refractivity contribution in [2.75, 3.05) is 0 Å². The molecule has 5 heterocycles. The Labute approximate surface area is 267 Å². The number of rotatable bonds is 10. The number of hydrogen-bond donors (Lipinski definition) is 7. The van der Waals surface area contributed by atoms with Gasteiger partial charge in [-0.15, -0.1) is 12.6 Å². The SMILES string of the molecule is C=C1/C(=C/C)C(=O)N[C@@]12O[C@@H]2C1N/C(=C\c2[nH]c(/C(S)=C3\NC(=O)[C@H](C)[C@H]3CC)c(C)c2CCC(=O)O)C(CCC(=O)O)=C1C. The number of hydrogen-bond acceptors (Lipinski definition) is 7. The summed E-state index contributed by atoms with van der Waals surface area (Å²) >= 11 is 4.85. The van der Waals surface area contributed by atoms with Crippen LogP contribution in [0.4, 0.5) is 0 Å². The second-order valence-electron chi connectivity index (χ2n) is 12.1. The number of ether oxygens (including phenoxy) is 1. The lowest BCUT2D eigenvalue weighted by molar-refractivity contribution is -0.138. The number of carboxylic acid groups (broad SMARTS) is 2. The molecule has 240 valence electrons. The van der Waals surface area contributed by atoms with Crippen LogP contribution in [0.2, 0.25) is 0 Å². The number of H-pyrrole nitrogens is 1. The van der Waals surface area contributed by atoms with Crippen molar-refractivity contribution in [2.24, 2.45) is 11.8 Å². The first-order valence-corrected chi connectivity index (χ1v) is 15.6. The third-order valence-electron chi connectivity index (χ3n) is 9.60. The lowest BCUT2D eigenvalue weighted by Crippen LogP contribution is -2.40. The van der Waals surface area contributed by atoms with Crippen LogP contribution < -0.4 is 16.0 Å². The molecule has 0 aliphatic carbocycles. The van der Waals surface area contributed by atoms with Gasteiger partial charge in [0.1, 0.15) is 6.10 Å². The highest BCUT2D eigenvalue weighted by Gasteiger charge is 2.68. The van der Waals surface area contributed by atoms with E-state index in [0.29, 0.717) is 33.1 Å². The number of carbonyl (C=O) groups excluding carboxylic acids is 2. The van der Waals surface area contributed by atoms with Crippen molar-refractivity contribution in [2.45, 2.75) is 84.6 Å². The highest BCUT2D eigenvalue weighted by molar-refractivity contribution is 7.90. The zero-order valence-corrected chi connectivity index (χ0v) is 27.0. The summed E-state index contributed by atoms with van der Waals surface area (Å²) in [5.41, 5.74) is 6.07. The van der Waals surface area contributed by atoms with Gasteiger partial charge in [-0.1, -0.05) is 26.5 Å². The van der Waals surface area contributed by atoms with Gasteiger partial charge in [-0.25, -0.2) is 0 Å². The third-order valence-corrected chi connectivity index (χ3v) is 10.1. The van der Waals surface area contributed by atoms with Gasteiger partial charge >= 0.3 is 11.9 Å². The molecule has 0 bridgehead atoms. The molecule has 6 N–H and O–H groups in total. The molecule has 4 aliphatic rings. The highest BCUT2D eigenvalue weighted by atomic mass is 32.1. The summed E-state index contributed by atoms with van der Waals surface area (Å²) in [6.07, 6.45) is 4.18. The van der Waals surface area contributed by atoms with Gasteiger partial charge < -0.3 is 35.9 Å². The molecule has 45 heavy (non-hydrogen) atoms. The molecular formula is C33H40N4O7S. The molecule has 1 aromatic heterocycles. The standard InChI is InChI=1S/C33H40N4O7S/c1-7-18-16(5)31(42)36-28(18)29(45)26-14(3)20(9-11-24(38)39)22(34-26)13-23-21(10-12-25(40)41)15(4)27(35-23)30-33(44-30)17(6)19(8-2)32(43)37-33/h8,13,16,18,27,30,34-35,45H,6-7,9-12H2,1-5H3,(H,36,42)(H,37,43)(H,38,39)(H,40,41)/b19-8-,23-13-,29-28+/t16-,18-,27?,30-,33-/m1/s1. The van der Waals surface area contributed by atoms with Gasteiger partial charge in [0.15, 0.2) is 5.72 Å². The van der Waals surface area contributed by atoms with Crippen LogP contribution in [-0.4, -0.2) is 56.8 Å². The monoisotopic (exact) mass is 636 g/mol. The van der Waals surface area contributed by atoms with E-state index >= 15 is 0 Å². The van der Waals surface area contributed by atoms with Crippen LogP contribution in [0.1, 0.15) is 75.9 Å². The number of nitrogens with one attached hydrogen (secondary N) is 4. The number of carbonyl (C=O) groups is 4. The van der Waals surface area contributed by atoms with Crippen LogP contribution in [0.5, 0.6) is 0 Å². The smallest absolute Gasteiger partial charge is 0.303 e. The van der Waals surface area contributed by atoms with Crippen LogP contribution >= 0.6 is 12.6 Å². The molecular weight excluding hydrogens is 596 g/mol. The molecule has 3 fully saturated rings. The van der Waals surface area contributed by atoms with E-state index in [1.54, 1.807) is 13.0 Å². The number of amides is 2. The van der Waals surface area contributed by atoms with E-state index in [9.17, 15) is 29.4 Å². The number of carboxylic acids is 2. The molecule has 12 heteroatoms. The second-order valence-corrected chi connectivity index (χ2v) is 12.6. The predicted octanol–water partition coefficient (Wildman–Crippen LogP) is 3.95. The van der Waals surface area contributed by atoms with Crippen molar-refractivity contribution in [3.63, 3.8) is 0 Å². The fourth-order valence-corrected chi connectivity index (χ4v) is 7.38. The first-order valence-electron chi connectivity index (χ1n) is 15.2. The Kier molecular flexibility index (Phi) is 8.67. The summed E-state index contributed by atoms with van der Waals surface area (Å²) < 4.78 is 6.11. The lowest BCUT2D eigenvalue weighted by Gasteiger charge is -2.14. The predicted molar refractivity (Wildman–Crippen MR) is 172 cm³/mol. The molecule has 1 spiro atoms. The normalized spacial score (nSPS) is 30.4. The number of aromatic amines is 1. The van der Waals surface area contributed by atoms with E-state index in [1.807, 2.05) is 33.8 Å². The van der Waals surface area contributed by atoms with Crippen LogP contribution in [0, 0.1) is 18.8 Å². The molecule has 1 unspecified atom stereocenters. The summed E-state index contributed by atoms with van der Waals surface area (Å²) in [5, 5.41) is 28.4. The summed E-state index contributed by atoms with van der Waals surface area (Å²) in [6, 6.07) is -0.366. The van der Waals surface area contributed by atoms with Crippen LogP contribution in [-0.2, 0) is 30.3 Å². The van der Waals surface area contributed by atoms with Crippen LogP contribution in [0.15, 0.2) is 46.3 Å². The van der Waals surface area contributed by atoms with Crippen LogP contribution in [0.3, 0.4) is 0 Å². The van der Waals surface area contributed by atoms with Gasteiger partial charge in [0.05, 0.1) is 11.7 Å². The van der Waals surface area contributed by atoms with E-state index < -0.39 is 23.8 Å². The number of thiol groups is 1. The number of aliphatic carboxylic acids is 2. The highest BCUT2D eigenvalue weighted by Crippen LogP contribution is 2.51. The summed E-state index contributed by atoms with van der Waals surface area (Å²) in [7, 11) is 0. The Morgan fingerprint density at radius 3 is 2.40 bits per heavy atom. The van der Waals surface area contributed by atoms with E-state index in [1.165, 1.54) is 0 Å². The lowest BCUT2D eigenvalue weighted by atomic mass is 9.91. The maximum atomic E-state index is 12.6. The largest absolute Gasteiger partial charge is 0.481 e. The molecule has 2 amide bonds. The van der Waals surface area contributed by atoms with Gasteiger partial charge in [0.2, 0.25) is 5.91 Å². The average Bonchev–Trinajstić information content (AvgIpc) is 3.17. The van der Waals surface area contributed by atoms with E-state index in [0.717, 1.165) is 34.4 Å². The molecule has 3 saturated heterocycles. The second kappa shape index (κ2) is 12.1. The molecule has 11 nitrogen and oxygen atoms in total. The minimum absolute atomic E-state index is 0.0257. The summed E-state index contributed by atoms with van der Waals surface area (Å²) in [6.45, 7) is 13.6. The van der Waals surface area contributed by atoms with Gasteiger partial charge in [-0.3, -0.25) is 19.2 Å². The molecule has 1 aromatic rings.